The summed E-state index contributed by atoms with van der Waals surface area (Å²) in [5.41, 5.74) is 3.62. The first kappa shape index (κ1) is 17.3. The van der Waals surface area contributed by atoms with Crippen LogP contribution >= 0.6 is 11.6 Å². The molecule has 1 aliphatic heterocycles. The van der Waals surface area contributed by atoms with Crippen LogP contribution < -0.4 is 4.90 Å². The molecule has 8 heteroatoms. The molecule has 3 aromatic rings. The Kier molecular flexibility index (Phi) is 3.94. The summed E-state index contributed by atoms with van der Waals surface area (Å²) >= 11 is 5.88. The number of aromatic amines is 1. The predicted molar refractivity (Wildman–Crippen MR) is 105 cm³/mol. The Balaban J connectivity index is 1.42. The third-order valence-corrected chi connectivity index (χ3v) is 6.19. The van der Waals surface area contributed by atoms with Gasteiger partial charge in [-0.05, 0) is 42.9 Å². The minimum Gasteiger partial charge on any atom is -0.291 e. The second-order valence-electron chi connectivity index (χ2n) is 7.61. The molecule has 4 atom stereocenters. The Hall–Kier alpha value is -2.80. The Morgan fingerprint density at radius 1 is 1.29 bits per heavy atom. The van der Waals surface area contributed by atoms with Gasteiger partial charge in [0.05, 0.1) is 17.6 Å². The highest BCUT2D eigenvalue weighted by atomic mass is 35.5. The highest BCUT2D eigenvalue weighted by Crippen LogP contribution is 2.56. The lowest BCUT2D eigenvalue weighted by molar-refractivity contribution is -0.121. The molecule has 5 rings (SSSR count). The molecular weight excluding hydrogens is 376 g/mol. The van der Waals surface area contributed by atoms with Crippen molar-refractivity contribution in [2.45, 2.75) is 26.3 Å². The van der Waals surface area contributed by atoms with Crippen molar-refractivity contribution < 1.29 is 4.79 Å². The minimum atomic E-state index is -0.0487. The fourth-order valence-electron chi connectivity index (χ4n) is 4.50. The number of aromatic nitrogens is 5. The molecule has 1 N–H and O–H groups in total. The first-order chi connectivity index (χ1) is 13.5. The smallest absolute Gasteiger partial charge is 0.232 e. The van der Waals surface area contributed by atoms with Crippen LogP contribution in [0.15, 0.2) is 36.7 Å². The summed E-state index contributed by atoms with van der Waals surface area (Å²) in [6.07, 6.45) is 4.08. The average Bonchev–Trinajstić information content (AvgIpc) is 3.03. The average molecular weight is 395 g/mol. The van der Waals surface area contributed by atoms with Gasteiger partial charge in [-0.3, -0.25) is 14.8 Å². The molecule has 1 saturated heterocycles. The lowest BCUT2D eigenvalue weighted by Gasteiger charge is -2.20. The number of carbonyl (C=O) groups is 1. The first-order valence-corrected chi connectivity index (χ1v) is 9.70. The van der Waals surface area contributed by atoms with Gasteiger partial charge in [0.2, 0.25) is 5.91 Å². The van der Waals surface area contributed by atoms with E-state index in [1.165, 1.54) is 0 Å². The van der Waals surface area contributed by atoms with Crippen LogP contribution in [-0.2, 0) is 11.2 Å². The SMILES string of the molecule is Cc1nnccc1-c1cc(N2C(=O)C(Cc3ccc(Cl)nc3)C3C2[C@H]3C)n[nH]1. The van der Waals surface area contributed by atoms with Gasteiger partial charge in [0.25, 0.3) is 0 Å². The number of aryl methyl sites for hydroxylation is 1. The number of halogens is 1. The number of hydrogen-bond donors (Lipinski definition) is 1. The topological polar surface area (TPSA) is 87.7 Å². The molecular formula is C20H19ClN6O. The number of anilines is 1. The second-order valence-corrected chi connectivity index (χ2v) is 7.99. The largest absolute Gasteiger partial charge is 0.291 e. The molecule has 7 nitrogen and oxygen atoms in total. The summed E-state index contributed by atoms with van der Waals surface area (Å²) in [5.74, 6) is 1.57. The normalized spacial score (nSPS) is 25.8. The highest BCUT2D eigenvalue weighted by Gasteiger charge is 2.64. The van der Waals surface area contributed by atoms with Crippen molar-refractivity contribution in [3.8, 4) is 11.3 Å². The van der Waals surface area contributed by atoms with Gasteiger partial charge in [-0.2, -0.15) is 15.3 Å². The summed E-state index contributed by atoms with van der Waals surface area (Å²) in [5, 5.41) is 15.9. The Morgan fingerprint density at radius 3 is 2.89 bits per heavy atom. The molecule has 2 aliphatic rings. The maximum absolute atomic E-state index is 13.2. The monoisotopic (exact) mass is 394 g/mol. The van der Waals surface area contributed by atoms with Crippen molar-refractivity contribution in [1.29, 1.82) is 0 Å². The molecule has 142 valence electrons. The van der Waals surface area contributed by atoms with Crippen molar-refractivity contribution in [3.05, 3.63) is 53.1 Å². The number of nitrogens with one attached hydrogen (secondary N) is 1. The number of rotatable bonds is 4. The Bertz CT molecular complexity index is 1050. The third kappa shape index (κ3) is 2.69. The molecule has 2 fully saturated rings. The quantitative estimate of drug-likeness (QED) is 0.687. The van der Waals surface area contributed by atoms with Gasteiger partial charge >= 0.3 is 0 Å². The van der Waals surface area contributed by atoms with E-state index in [0.29, 0.717) is 29.2 Å². The predicted octanol–water partition coefficient (Wildman–Crippen LogP) is 3.06. The van der Waals surface area contributed by atoms with Crippen LogP contribution in [0.5, 0.6) is 0 Å². The lowest BCUT2D eigenvalue weighted by atomic mass is 9.95. The minimum absolute atomic E-state index is 0.0487. The van der Waals surface area contributed by atoms with E-state index in [4.69, 9.17) is 11.6 Å². The summed E-state index contributed by atoms with van der Waals surface area (Å²) in [6.45, 7) is 4.10. The van der Waals surface area contributed by atoms with E-state index >= 15 is 0 Å². The molecule has 1 amide bonds. The molecule has 0 bridgehead atoms. The molecule has 3 unspecified atom stereocenters. The molecule has 4 heterocycles. The van der Waals surface area contributed by atoms with Gasteiger partial charge in [0.15, 0.2) is 5.82 Å². The van der Waals surface area contributed by atoms with E-state index < -0.39 is 0 Å². The molecule has 1 saturated carbocycles. The summed E-state index contributed by atoms with van der Waals surface area (Å²) in [4.78, 5) is 19.2. The van der Waals surface area contributed by atoms with Crippen LogP contribution in [0.4, 0.5) is 5.82 Å². The number of carbonyl (C=O) groups excluding carboxylic acids is 1. The maximum atomic E-state index is 13.2. The van der Waals surface area contributed by atoms with Crippen molar-refractivity contribution in [1.82, 2.24) is 25.4 Å². The van der Waals surface area contributed by atoms with Gasteiger partial charge < -0.3 is 0 Å². The van der Waals surface area contributed by atoms with Gasteiger partial charge in [0, 0.05) is 29.8 Å². The fourth-order valence-corrected chi connectivity index (χ4v) is 4.62. The van der Waals surface area contributed by atoms with Crippen LogP contribution in [0.3, 0.4) is 0 Å². The van der Waals surface area contributed by atoms with E-state index in [0.717, 1.165) is 22.5 Å². The third-order valence-electron chi connectivity index (χ3n) is 5.97. The van der Waals surface area contributed by atoms with Crippen molar-refractivity contribution >= 4 is 23.3 Å². The van der Waals surface area contributed by atoms with Crippen LogP contribution in [-0.4, -0.2) is 37.3 Å². The van der Waals surface area contributed by atoms with Crippen LogP contribution in [0, 0.1) is 24.7 Å². The molecule has 0 aromatic carbocycles. The number of fused-ring (bicyclic) bond motifs is 1. The van der Waals surface area contributed by atoms with Crippen LogP contribution in [0.2, 0.25) is 5.15 Å². The highest BCUT2D eigenvalue weighted by molar-refractivity contribution is 6.29. The number of nitrogens with zero attached hydrogens (tertiary/aromatic N) is 5. The molecule has 0 spiro atoms. The van der Waals surface area contributed by atoms with E-state index in [1.807, 2.05) is 30.0 Å². The van der Waals surface area contributed by atoms with Gasteiger partial charge in [0.1, 0.15) is 5.15 Å². The zero-order valence-electron chi connectivity index (χ0n) is 15.5. The number of piperidine rings is 1. The van der Waals surface area contributed by atoms with E-state index in [2.05, 4.69) is 32.3 Å². The Morgan fingerprint density at radius 2 is 2.14 bits per heavy atom. The number of hydrogen-bond acceptors (Lipinski definition) is 5. The lowest BCUT2D eigenvalue weighted by Crippen LogP contribution is -2.34. The van der Waals surface area contributed by atoms with Crippen molar-refractivity contribution in [3.63, 3.8) is 0 Å². The fraction of sp³-hybridized carbons (Fsp3) is 0.350. The van der Waals surface area contributed by atoms with E-state index in [1.54, 1.807) is 18.5 Å². The van der Waals surface area contributed by atoms with Crippen LogP contribution in [0.25, 0.3) is 11.3 Å². The molecule has 1 aliphatic carbocycles. The Labute approximate surface area is 167 Å². The summed E-state index contributed by atoms with van der Waals surface area (Å²) in [6, 6.07) is 7.75. The van der Waals surface area contributed by atoms with E-state index in [9.17, 15) is 4.79 Å². The summed E-state index contributed by atoms with van der Waals surface area (Å²) in [7, 11) is 0. The van der Waals surface area contributed by atoms with Gasteiger partial charge in [-0.25, -0.2) is 4.98 Å². The van der Waals surface area contributed by atoms with E-state index in [-0.39, 0.29) is 17.9 Å². The van der Waals surface area contributed by atoms with Crippen molar-refractivity contribution in [2.24, 2.45) is 17.8 Å². The zero-order chi connectivity index (χ0) is 19.4. The molecule has 28 heavy (non-hydrogen) atoms. The summed E-state index contributed by atoms with van der Waals surface area (Å²) < 4.78 is 0. The van der Waals surface area contributed by atoms with Crippen molar-refractivity contribution in [2.75, 3.05) is 4.90 Å². The zero-order valence-corrected chi connectivity index (χ0v) is 16.3. The van der Waals surface area contributed by atoms with Gasteiger partial charge in [-0.15, -0.1) is 0 Å². The first-order valence-electron chi connectivity index (χ1n) is 9.32. The number of H-pyrrole nitrogens is 1. The molecule has 3 aromatic heterocycles. The van der Waals surface area contributed by atoms with Crippen LogP contribution in [0.1, 0.15) is 18.2 Å². The molecule has 0 radical (unpaired) electrons. The number of pyridine rings is 1. The second kappa shape index (κ2) is 6.38. The standard InChI is InChI=1S/C20H19ClN6O/c1-10-18-14(7-12-3-4-16(21)22-9-12)20(28)27(19(10)18)17-8-15(25-26-17)13-5-6-23-24-11(13)2/h3-6,8-10,14,18-19H,7H2,1-2H3,(H,25,26)/t10-,14?,18?,19?/m0/s1. The number of amides is 1. The maximum Gasteiger partial charge on any atom is 0.232 e. The van der Waals surface area contributed by atoms with Gasteiger partial charge in [-0.1, -0.05) is 24.6 Å².